The third kappa shape index (κ3) is 3.46. The number of para-hydroxylation sites is 1. The summed E-state index contributed by atoms with van der Waals surface area (Å²) < 4.78 is 16.7. The van der Waals surface area contributed by atoms with Gasteiger partial charge < -0.3 is 25.1 Å². The lowest BCUT2D eigenvalue weighted by Crippen LogP contribution is -2.38. The van der Waals surface area contributed by atoms with Crippen molar-refractivity contribution in [3.8, 4) is 5.75 Å². The molecule has 4 atom stereocenters. The lowest BCUT2D eigenvalue weighted by molar-refractivity contribution is -0.00201. The fourth-order valence-corrected chi connectivity index (χ4v) is 2.59. The number of nitrogens with two attached hydrogens (primary N) is 1. The number of thiocarbonyl (C=S) groups is 1. The van der Waals surface area contributed by atoms with Gasteiger partial charge in [-0.05, 0) is 19.1 Å². The Morgan fingerprint density at radius 3 is 2.70 bits per heavy atom. The Labute approximate surface area is 123 Å². The summed E-state index contributed by atoms with van der Waals surface area (Å²) in [5, 5.41) is 9.31. The molecule has 5 nitrogen and oxygen atoms in total. The Hall–Kier alpha value is -1.21. The van der Waals surface area contributed by atoms with E-state index in [1.807, 2.05) is 25.1 Å². The van der Waals surface area contributed by atoms with E-state index in [0.29, 0.717) is 12.3 Å². The van der Waals surface area contributed by atoms with Gasteiger partial charge in [0.15, 0.2) is 0 Å². The van der Waals surface area contributed by atoms with Gasteiger partial charge in [-0.1, -0.05) is 18.2 Å². The van der Waals surface area contributed by atoms with Gasteiger partial charge in [0, 0.05) is 24.7 Å². The molecule has 0 spiro atoms. The van der Waals surface area contributed by atoms with Crippen molar-refractivity contribution in [2.45, 2.75) is 25.2 Å². The maximum Gasteiger partial charge on any atom is 0.358 e. The highest BCUT2D eigenvalue weighted by atomic mass is 32.1. The van der Waals surface area contributed by atoms with E-state index in [2.05, 4.69) is 0 Å². The predicted octanol–water partition coefficient (Wildman–Crippen LogP) is 1.09. The van der Waals surface area contributed by atoms with Crippen molar-refractivity contribution in [3.63, 3.8) is 0 Å². The molecule has 0 aromatic heterocycles. The van der Waals surface area contributed by atoms with E-state index < -0.39 is 0 Å². The molecule has 3 N–H and O–H groups in total. The van der Waals surface area contributed by atoms with Crippen molar-refractivity contribution >= 4 is 17.5 Å². The molecule has 1 aromatic rings. The maximum atomic E-state index is 9.27. The molecule has 1 saturated heterocycles. The third-order valence-corrected chi connectivity index (χ3v) is 3.56. The number of rotatable bonds is 4. The summed E-state index contributed by atoms with van der Waals surface area (Å²) in [5.74, 6) is 0.513. The average molecular weight is 297 g/mol. The molecule has 20 heavy (non-hydrogen) atoms. The van der Waals surface area contributed by atoms with Crippen LogP contribution in [-0.2, 0) is 9.47 Å². The second-order valence-electron chi connectivity index (χ2n) is 4.71. The first-order valence-corrected chi connectivity index (χ1v) is 6.96. The van der Waals surface area contributed by atoms with E-state index in [0.717, 1.165) is 0 Å². The largest absolute Gasteiger partial charge is 0.450 e. The number of hydrogen-bond donors (Lipinski definition) is 2. The van der Waals surface area contributed by atoms with E-state index in [1.54, 1.807) is 12.1 Å². The number of aliphatic hydroxyl groups is 1. The zero-order valence-electron chi connectivity index (χ0n) is 11.3. The highest BCUT2D eigenvalue weighted by Crippen LogP contribution is 2.29. The van der Waals surface area contributed by atoms with Gasteiger partial charge in [0.25, 0.3) is 0 Å². The molecule has 1 aromatic carbocycles. The van der Waals surface area contributed by atoms with Gasteiger partial charge in [-0.15, -0.1) is 0 Å². The molecule has 1 unspecified atom stereocenters. The molecule has 0 aliphatic carbocycles. The second kappa shape index (κ2) is 6.99. The van der Waals surface area contributed by atoms with Crippen molar-refractivity contribution in [1.82, 2.24) is 0 Å². The van der Waals surface area contributed by atoms with E-state index in [9.17, 15) is 5.11 Å². The normalized spacial score (nSPS) is 29.1. The molecule has 1 aliphatic heterocycles. The number of ether oxygens (including phenoxy) is 3. The Bertz CT molecular complexity index is 442. The van der Waals surface area contributed by atoms with Gasteiger partial charge in [-0.2, -0.15) is 0 Å². The fraction of sp³-hybridized carbons (Fsp3) is 0.500. The molecule has 110 valence electrons. The smallest absolute Gasteiger partial charge is 0.358 e. The number of hydrogen-bond acceptors (Lipinski definition) is 6. The molecule has 2 rings (SSSR count). The summed E-state index contributed by atoms with van der Waals surface area (Å²) in [6.45, 7) is 2.14. The first-order chi connectivity index (χ1) is 9.65. The van der Waals surface area contributed by atoms with Gasteiger partial charge in [0.05, 0.1) is 18.8 Å². The first-order valence-electron chi connectivity index (χ1n) is 6.55. The van der Waals surface area contributed by atoms with Gasteiger partial charge in [0.1, 0.15) is 11.9 Å². The van der Waals surface area contributed by atoms with Crippen LogP contribution in [0.3, 0.4) is 0 Å². The van der Waals surface area contributed by atoms with Crippen LogP contribution >= 0.6 is 12.2 Å². The Morgan fingerprint density at radius 2 is 2.10 bits per heavy atom. The SMILES string of the molecule is C[C@@H]1O[C@H](CO)[C@H](CN)C1OC(=S)Oc1ccccc1. The summed E-state index contributed by atoms with van der Waals surface area (Å²) in [7, 11) is 0. The van der Waals surface area contributed by atoms with E-state index >= 15 is 0 Å². The number of benzene rings is 1. The lowest BCUT2D eigenvalue weighted by Gasteiger charge is -2.22. The summed E-state index contributed by atoms with van der Waals surface area (Å²) in [6.07, 6.45) is -0.828. The minimum absolute atomic E-state index is 0.0358. The fourth-order valence-electron chi connectivity index (χ4n) is 2.38. The van der Waals surface area contributed by atoms with Crippen LogP contribution in [-0.4, -0.2) is 41.8 Å². The lowest BCUT2D eigenvalue weighted by atomic mass is 9.97. The first kappa shape index (κ1) is 15.2. The van der Waals surface area contributed by atoms with Crippen LogP contribution in [0.1, 0.15) is 6.92 Å². The molecule has 1 fully saturated rings. The van der Waals surface area contributed by atoms with E-state index in [4.69, 9.17) is 32.2 Å². The maximum absolute atomic E-state index is 9.27. The predicted molar refractivity (Wildman–Crippen MR) is 78.5 cm³/mol. The summed E-state index contributed by atoms with van der Waals surface area (Å²) >= 11 is 5.10. The Balaban J connectivity index is 1.96. The summed E-state index contributed by atoms with van der Waals surface area (Å²) in [6, 6.07) is 9.18. The Morgan fingerprint density at radius 1 is 1.40 bits per heavy atom. The van der Waals surface area contributed by atoms with Crippen LogP contribution in [0.25, 0.3) is 0 Å². The zero-order valence-corrected chi connectivity index (χ0v) is 12.1. The van der Waals surface area contributed by atoms with Crippen LogP contribution < -0.4 is 10.5 Å². The van der Waals surface area contributed by atoms with Gasteiger partial charge in [0.2, 0.25) is 0 Å². The summed E-state index contributed by atoms with van der Waals surface area (Å²) in [5.41, 5.74) is 5.73. The molecule has 1 heterocycles. The molecular formula is C14H19NO4S. The van der Waals surface area contributed by atoms with Crippen molar-refractivity contribution in [2.24, 2.45) is 11.7 Å². The molecule has 1 aliphatic rings. The third-order valence-electron chi connectivity index (χ3n) is 3.38. The van der Waals surface area contributed by atoms with Crippen molar-refractivity contribution in [3.05, 3.63) is 30.3 Å². The molecule has 6 heteroatoms. The molecular weight excluding hydrogens is 278 g/mol. The second-order valence-corrected chi connectivity index (χ2v) is 5.04. The average Bonchev–Trinajstić information content (AvgIpc) is 2.75. The Kier molecular flexibility index (Phi) is 5.31. The summed E-state index contributed by atoms with van der Waals surface area (Å²) in [4.78, 5) is 0. The van der Waals surface area contributed by atoms with Crippen LogP contribution in [0.15, 0.2) is 30.3 Å². The van der Waals surface area contributed by atoms with Crippen LogP contribution in [0, 0.1) is 5.92 Å². The molecule has 0 saturated carbocycles. The van der Waals surface area contributed by atoms with Gasteiger partial charge >= 0.3 is 5.24 Å². The number of aliphatic hydroxyl groups excluding tert-OH is 1. The molecule has 0 bridgehead atoms. The monoisotopic (exact) mass is 297 g/mol. The topological polar surface area (TPSA) is 73.9 Å². The van der Waals surface area contributed by atoms with Crippen LogP contribution in [0.5, 0.6) is 5.75 Å². The van der Waals surface area contributed by atoms with E-state index in [1.165, 1.54) is 0 Å². The highest BCUT2D eigenvalue weighted by Gasteiger charge is 2.43. The van der Waals surface area contributed by atoms with E-state index in [-0.39, 0.29) is 36.1 Å². The van der Waals surface area contributed by atoms with Gasteiger partial charge in [-0.3, -0.25) is 0 Å². The van der Waals surface area contributed by atoms with Crippen LogP contribution in [0.4, 0.5) is 0 Å². The van der Waals surface area contributed by atoms with Crippen molar-refractivity contribution in [1.29, 1.82) is 0 Å². The van der Waals surface area contributed by atoms with Crippen molar-refractivity contribution in [2.75, 3.05) is 13.2 Å². The highest BCUT2D eigenvalue weighted by molar-refractivity contribution is 7.79. The minimum Gasteiger partial charge on any atom is -0.450 e. The van der Waals surface area contributed by atoms with Gasteiger partial charge in [-0.25, -0.2) is 0 Å². The zero-order chi connectivity index (χ0) is 14.5. The standard InChI is InChI=1S/C14H19NO4S/c1-9-13(11(7-15)12(8-16)17-9)19-14(20)18-10-5-3-2-4-6-10/h2-6,9,11-13,16H,7-8,15H2,1H3/t9-,11-,12+,13?/m0/s1. The minimum atomic E-state index is -0.320. The molecule has 0 radical (unpaired) electrons. The molecule has 0 amide bonds. The van der Waals surface area contributed by atoms with Crippen molar-refractivity contribution < 1.29 is 19.3 Å². The quantitative estimate of drug-likeness (QED) is 0.811. The van der Waals surface area contributed by atoms with Crippen LogP contribution in [0.2, 0.25) is 0 Å².